The highest BCUT2D eigenvalue weighted by atomic mass is 79.9. The summed E-state index contributed by atoms with van der Waals surface area (Å²) in [5.74, 6) is -0.699. The van der Waals surface area contributed by atoms with Crippen molar-refractivity contribution in [3.8, 4) is 0 Å². The van der Waals surface area contributed by atoms with Gasteiger partial charge in [-0.1, -0.05) is 0 Å². The van der Waals surface area contributed by atoms with E-state index < -0.39 is 4.92 Å². The summed E-state index contributed by atoms with van der Waals surface area (Å²) in [6, 6.07) is 7.16. The number of hydrogen-bond acceptors (Lipinski definition) is 5. The topological polar surface area (TPSA) is 84.3 Å². The molecule has 2 rings (SSSR count). The first kappa shape index (κ1) is 18.2. The Morgan fingerprint density at radius 2 is 2.00 bits per heavy atom. The van der Waals surface area contributed by atoms with Crippen LogP contribution in [-0.4, -0.2) is 10.8 Å². The largest absolute Gasteiger partial charge is 0.325 e. The molecule has 2 N–H and O–H groups in total. The third kappa shape index (κ3) is 4.45. The van der Waals surface area contributed by atoms with Crippen molar-refractivity contribution in [2.45, 2.75) is 18.7 Å². The smallest absolute Gasteiger partial charge is 0.271 e. The Morgan fingerprint density at radius 3 is 2.62 bits per heavy atom. The van der Waals surface area contributed by atoms with Crippen LogP contribution >= 0.6 is 27.9 Å². The first-order valence-corrected chi connectivity index (χ1v) is 8.33. The molecular formula is C15H13BrFN3O3S. The number of carbonyl (C=O) groups is 1. The van der Waals surface area contributed by atoms with Crippen LogP contribution in [-0.2, 0) is 4.79 Å². The Labute approximate surface area is 150 Å². The van der Waals surface area contributed by atoms with Crippen molar-refractivity contribution in [3.63, 3.8) is 0 Å². The van der Waals surface area contributed by atoms with Gasteiger partial charge >= 0.3 is 0 Å². The quantitative estimate of drug-likeness (QED) is 0.414. The molecule has 0 aliphatic carbocycles. The number of non-ortho nitro benzene ring substituents is 1. The average molecular weight is 414 g/mol. The molecule has 0 aliphatic rings. The van der Waals surface area contributed by atoms with Crippen LogP contribution in [0.15, 0.2) is 39.7 Å². The van der Waals surface area contributed by atoms with E-state index in [1.54, 1.807) is 13.0 Å². The van der Waals surface area contributed by atoms with Gasteiger partial charge in [-0.15, -0.1) is 0 Å². The van der Waals surface area contributed by atoms with Crippen molar-refractivity contribution >= 4 is 50.8 Å². The third-order valence-corrected chi connectivity index (χ3v) is 4.53. The standard InChI is InChI=1S/C15H13BrFN3O3S/c1-8-5-12(17)11(16)7-13(8)19-24-15-4-3-10(20(22)23)6-14(15)18-9(2)21/h3-7,19H,1-2H3,(H,18,21). The van der Waals surface area contributed by atoms with Crippen LogP contribution in [0.1, 0.15) is 12.5 Å². The first-order chi connectivity index (χ1) is 11.3. The second kappa shape index (κ2) is 7.63. The number of hydrogen-bond donors (Lipinski definition) is 2. The Bertz CT molecular complexity index is 817. The Morgan fingerprint density at radius 1 is 1.29 bits per heavy atom. The van der Waals surface area contributed by atoms with E-state index in [0.29, 0.717) is 26.3 Å². The highest BCUT2D eigenvalue weighted by Crippen LogP contribution is 2.33. The van der Waals surface area contributed by atoms with Crippen molar-refractivity contribution in [1.82, 2.24) is 0 Å². The number of rotatable bonds is 5. The summed E-state index contributed by atoms with van der Waals surface area (Å²) >= 11 is 4.28. The maximum atomic E-state index is 13.5. The van der Waals surface area contributed by atoms with Crippen LogP contribution in [0, 0.1) is 22.9 Å². The molecule has 0 aliphatic heterocycles. The molecule has 24 heavy (non-hydrogen) atoms. The van der Waals surface area contributed by atoms with E-state index in [-0.39, 0.29) is 17.4 Å². The SMILES string of the molecule is CC(=O)Nc1cc([N+](=O)[O-])ccc1SNc1cc(Br)c(F)cc1C. The van der Waals surface area contributed by atoms with Crippen LogP contribution in [0.3, 0.4) is 0 Å². The highest BCUT2D eigenvalue weighted by Gasteiger charge is 2.13. The number of nitro benzene ring substituents is 1. The number of carbonyl (C=O) groups excluding carboxylic acids is 1. The molecule has 0 unspecified atom stereocenters. The maximum absolute atomic E-state index is 13.5. The van der Waals surface area contributed by atoms with Crippen LogP contribution in [0.4, 0.5) is 21.5 Å². The maximum Gasteiger partial charge on any atom is 0.271 e. The van der Waals surface area contributed by atoms with E-state index >= 15 is 0 Å². The molecule has 0 heterocycles. The van der Waals surface area contributed by atoms with E-state index in [2.05, 4.69) is 26.0 Å². The van der Waals surface area contributed by atoms with Gasteiger partial charge in [0.05, 0.1) is 20.0 Å². The Kier molecular flexibility index (Phi) is 5.79. The molecule has 0 saturated heterocycles. The second-order valence-electron chi connectivity index (χ2n) is 4.90. The molecule has 0 bridgehead atoms. The fourth-order valence-electron chi connectivity index (χ4n) is 1.87. The fraction of sp³-hybridized carbons (Fsp3) is 0.133. The zero-order chi connectivity index (χ0) is 17.9. The van der Waals surface area contributed by atoms with Gasteiger partial charge < -0.3 is 10.0 Å². The molecule has 2 aromatic carbocycles. The minimum Gasteiger partial charge on any atom is -0.325 e. The van der Waals surface area contributed by atoms with Gasteiger partial charge in [0.25, 0.3) is 5.69 Å². The van der Waals surface area contributed by atoms with Gasteiger partial charge in [0, 0.05) is 24.7 Å². The highest BCUT2D eigenvalue weighted by molar-refractivity contribution is 9.10. The number of anilines is 2. The van der Waals surface area contributed by atoms with Gasteiger partial charge in [-0.3, -0.25) is 14.9 Å². The van der Waals surface area contributed by atoms with Gasteiger partial charge in [0.15, 0.2) is 0 Å². The van der Waals surface area contributed by atoms with Crippen molar-refractivity contribution in [2.24, 2.45) is 0 Å². The van der Waals surface area contributed by atoms with E-state index in [0.717, 1.165) is 11.9 Å². The van der Waals surface area contributed by atoms with Crippen molar-refractivity contribution in [1.29, 1.82) is 0 Å². The normalized spacial score (nSPS) is 10.3. The molecule has 0 spiro atoms. The minimum absolute atomic E-state index is 0.121. The third-order valence-electron chi connectivity index (χ3n) is 3.02. The summed E-state index contributed by atoms with van der Waals surface area (Å²) in [5, 5.41) is 13.4. The molecule has 0 saturated carbocycles. The van der Waals surface area contributed by atoms with Crippen LogP contribution in [0.2, 0.25) is 0 Å². The number of nitro groups is 1. The van der Waals surface area contributed by atoms with Crippen molar-refractivity contribution in [3.05, 3.63) is 56.3 Å². The monoisotopic (exact) mass is 413 g/mol. The molecule has 0 aromatic heterocycles. The minimum atomic E-state index is -0.533. The number of aryl methyl sites for hydroxylation is 1. The Balaban J connectivity index is 2.27. The lowest BCUT2D eigenvalue weighted by Gasteiger charge is -2.13. The molecule has 0 fully saturated rings. The van der Waals surface area contributed by atoms with Gasteiger partial charge in [-0.05, 0) is 58.6 Å². The zero-order valence-electron chi connectivity index (χ0n) is 12.7. The van der Waals surface area contributed by atoms with Crippen LogP contribution in [0.25, 0.3) is 0 Å². The molecule has 9 heteroatoms. The predicted molar refractivity (Wildman–Crippen MR) is 95.7 cm³/mol. The van der Waals surface area contributed by atoms with Gasteiger partial charge in [0.2, 0.25) is 5.91 Å². The van der Waals surface area contributed by atoms with E-state index in [1.165, 1.54) is 31.2 Å². The zero-order valence-corrected chi connectivity index (χ0v) is 15.1. The summed E-state index contributed by atoms with van der Waals surface area (Å²) < 4.78 is 16.8. The lowest BCUT2D eigenvalue weighted by Crippen LogP contribution is -2.07. The summed E-state index contributed by atoms with van der Waals surface area (Å²) in [6.45, 7) is 3.07. The summed E-state index contributed by atoms with van der Waals surface area (Å²) in [6.07, 6.45) is 0. The second-order valence-corrected chi connectivity index (χ2v) is 6.61. The van der Waals surface area contributed by atoms with Crippen molar-refractivity contribution in [2.75, 3.05) is 10.0 Å². The summed E-state index contributed by atoms with van der Waals surface area (Å²) in [7, 11) is 0. The van der Waals surface area contributed by atoms with Crippen LogP contribution < -0.4 is 10.0 Å². The molecule has 2 aromatic rings. The molecule has 1 amide bonds. The predicted octanol–water partition coefficient (Wildman–Crippen LogP) is 4.88. The van der Waals surface area contributed by atoms with E-state index in [1.807, 2.05) is 0 Å². The lowest BCUT2D eigenvalue weighted by atomic mass is 10.2. The molecule has 126 valence electrons. The lowest BCUT2D eigenvalue weighted by molar-refractivity contribution is -0.384. The van der Waals surface area contributed by atoms with Gasteiger partial charge in [-0.2, -0.15) is 0 Å². The average Bonchev–Trinajstić information content (AvgIpc) is 2.49. The number of benzene rings is 2. The van der Waals surface area contributed by atoms with Crippen LogP contribution in [0.5, 0.6) is 0 Å². The van der Waals surface area contributed by atoms with E-state index in [9.17, 15) is 19.3 Å². The number of nitrogens with zero attached hydrogens (tertiary/aromatic N) is 1. The van der Waals surface area contributed by atoms with Gasteiger partial charge in [-0.25, -0.2) is 4.39 Å². The first-order valence-electron chi connectivity index (χ1n) is 6.72. The van der Waals surface area contributed by atoms with E-state index in [4.69, 9.17) is 0 Å². The number of amides is 1. The van der Waals surface area contributed by atoms with Crippen molar-refractivity contribution < 1.29 is 14.1 Å². The number of nitrogens with one attached hydrogen (secondary N) is 2. The van der Waals surface area contributed by atoms with Gasteiger partial charge in [0.1, 0.15) is 5.82 Å². The number of halogens is 2. The fourth-order valence-corrected chi connectivity index (χ4v) is 3.01. The summed E-state index contributed by atoms with van der Waals surface area (Å²) in [4.78, 5) is 22.2. The Hall–Kier alpha value is -2.13. The molecule has 0 radical (unpaired) electrons. The molecule has 0 atom stereocenters. The summed E-state index contributed by atoms with van der Waals surface area (Å²) in [5.41, 5.74) is 1.59. The molecule has 6 nitrogen and oxygen atoms in total. The molecular weight excluding hydrogens is 401 g/mol.